The lowest BCUT2D eigenvalue weighted by atomic mass is 10.1. The fourth-order valence-corrected chi connectivity index (χ4v) is 2.90. The smallest absolute Gasteiger partial charge is 0.0347 e. The van der Waals surface area contributed by atoms with Crippen LogP contribution in [0.1, 0.15) is 31.4 Å². The molecule has 1 aromatic rings. The monoisotopic (exact) mass is 278 g/mol. The molecule has 0 spiro atoms. The fourth-order valence-electron chi connectivity index (χ4n) is 2.90. The molecule has 0 saturated carbocycles. The van der Waals surface area contributed by atoms with Gasteiger partial charge in [0.25, 0.3) is 0 Å². The van der Waals surface area contributed by atoms with Crippen molar-refractivity contribution >= 4 is 0 Å². The van der Waals surface area contributed by atoms with Gasteiger partial charge in [0, 0.05) is 57.7 Å². The van der Waals surface area contributed by atoms with Crippen LogP contribution in [0.4, 0.5) is 0 Å². The molecule has 4 nitrogen and oxygen atoms in total. The molecule has 0 aromatic carbocycles. The summed E-state index contributed by atoms with van der Waals surface area (Å²) in [5, 5.41) is 3.41. The van der Waals surface area contributed by atoms with Crippen molar-refractivity contribution < 1.29 is 0 Å². The Bertz CT molecular complexity index is 380. The van der Waals surface area contributed by atoms with Gasteiger partial charge < -0.3 is 14.8 Å². The van der Waals surface area contributed by atoms with Crippen molar-refractivity contribution in [3.63, 3.8) is 0 Å². The molecule has 0 amide bonds. The van der Waals surface area contributed by atoms with Gasteiger partial charge in [-0.3, -0.25) is 4.90 Å². The average molecular weight is 278 g/mol. The average Bonchev–Trinajstić information content (AvgIpc) is 2.93. The molecule has 114 valence electrons. The first-order chi connectivity index (χ1) is 9.72. The number of hydrogen-bond donors (Lipinski definition) is 1. The number of hydrogen-bond acceptors (Lipinski definition) is 3. The topological polar surface area (TPSA) is 23.4 Å². The minimum atomic E-state index is 0.505. The largest absolute Gasteiger partial charge is 0.353 e. The highest BCUT2D eigenvalue weighted by atomic mass is 15.2. The van der Waals surface area contributed by atoms with Crippen molar-refractivity contribution in [3.8, 4) is 0 Å². The van der Waals surface area contributed by atoms with Gasteiger partial charge in [-0.1, -0.05) is 13.3 Å². The maximum Gasteiger partial charge on any atom is 0.0347 e. The van der Waals surface area contributed by atoms with Crippen LogP contribution in [0, 0.1) is 0 Å². The Hall–Kier alpha value is -0.840. The Morgan fingerprint density at radius 1 is 1.20 bits per heavy atom. The lowest BCUT2D eigenvalue weighted by Crippen LogP contribution is -2.45. The number of likely N-dealkylation sites (N-methyl/N-ethyl adjacent to an activating group) is 1. The van der Waals surface area contributed by atoms with Crippen LogP contribution in [0.15, 0.2) is 18.5 Å². The molecule has 1 N–H and O–H groups in total. The van der Waals surface area contributed by atoms with Crippen LogP contribution in [0.3, 0.4) is 0 Å². The van der Waals surface area contributed by atoms with Gasteiger partial charge in [-0.05, 0) is 32.1 Å². The molecule has 0 bridgehead atoms. The zero-order valence-electron chi connectivity index (χ0n) is 13.3. The first kappa shape index (κ1) is 15.5. The maximum absolute atomic E-state index is 3.41. The van der Waals surface area contributed by atoms with E-state index in [0.29, 0.717) is 6.04 Å². The summed E-state index contributed by atoms with van der Waals surface area (Å²) in [7, 11) is 4.27. The molecule has 1 aromatic heterocycles. The normalized spacial score (nSPS) is 19.4. The summed E-state index contributed by atoms with van der Waals surface area (Å²) in [6.45, 7) is 9.34. The van der Waals surface area contributed by atoms with Crippen LogP contribution >= 0.6 is 0 Å². The number of aromatic nitrogens is 1. The van der Waals surface area contributed by atoms with E-state index in [4.69, 9.17) is 0 Å². The summed E-state index contributed by atoms with van der Waals surface area (Å²) in [6.07, 6.45) is 6.97. The second kappa shape index (κ2) is 7.81. The molecule has 1 saturated heterocycles. The van der Waals surface area contributed by atoms with Gasteiger partial charge in [0.1, 0.15) is 0 Å². The molecule has 0 radical (unpaired) electrons. The first-order valence-electron chi connectivity index (χ1n) is 7.96. The molecule has 1 aliphatic heterocycles. The third-order valence-corrected chi connectivity index (χ3v) is 4.37. The molecule has 2 rings (SSSR count). The summed E-state index contributed by atoms with van der Waals surface area (Å²) in [6, 6.07) is 2.77. The fraction of sp³-hybridized carbons (Fsp3) is 0.750. The molecule has 1 fully saturated rings. The Kier molecular flexibility index (Phi) is 6.07. The quantitative estimate of drug-likeness (QED) is 0.823. The van der Waals surface area contributed by atoms with Crippen LogP contribution in [0.2, 0.25) is 0 Å². The van der Waals surface area contributed by atoms with Crippen LogP contribution in [-0.2, 0) is 6.54 Å². The van der Waals surface area contributed by atoms with Crippen molar-refractivity contribution in [1.82, 2.24) is 19.7 Å². The van der Waals surface area contributed by atoms with Gasteiger partial charge in [-0.2, -0.15) is 0 Å². The predicted molar refractivity (Wildman–Crippen MR) is 85.1 cm³/mol. The second-order valence-corrected chi connectivity index (χ2v) is 5.96. The summed E-state index contributed by atoms with van der Waals surface area (Å²) in [5.41, 5.74) is 1.42. The van der Waals surface area contributed by atoms with E-state index < -0.39 is 0 Å². The highest BCUT2D eigenvalue weighted by Gasteiger charge is 2.14. The number of piperazine rings is 1. The SMILES string of the molecule is CCCC(NC)c1ccn(CCN2CCN(C)CC2)c1. The van der Waals surface area contributed by atoms with E-state index in [0.717, 1.165) is 6.54 Å². The Morgan fingerprint density at radius 3 is 2.60 bits per heavy atom. The van der Waals surface area contributed by atoms with E-state index >= 15 is 0 Å². The number of nitrogens with one attached hydrogen (secondary N) is 1. The summed E-state index contributed by atoms with van der Waals surface area (Å²) >= 11 is 0. The molecule has 1 unspecified atom stereocenters. The molecule has 1 atom stereocenters. The van der Waals surface area contributed by atoms with Crippen molar-refractivity contribution in [2.45, 2.75) is 32.4 Å². The van der Waals surface area contributed by atoms with Crippen LogP contribution in [0.25, 0.3) is 0 Å². The lowest BCUT2D eigenvalue weighted by Gasteiger charge is -2.32. The standard InChI is InChI=1S/C16H30N4/c1-4-5-16(17-2)15-6-7-20(14-15)13-12-19-10-8-18(3)9-11-19/h6-7,14,16-17H,4-5,8-13H2,1-3H3. The predicted octanol–water partition coefficient (Wildman–Crippen LogP) is 1.80. The summed E-state index contributed by atoms with van der Waals surface area (Å²) in [5.74, 6) is 0. The maximum atomic E-state index is 3.41. The van der Waals surface area contributed by atoms with Crippen molar-refractivity contribution in [3.05, 3.63) is 24.0 Å². The van der Waals surface area contributed by atoms with Crippen molar-refractivity contribution in [2.75, 3.05) is 46.8 Å². The molecule has 0 aliphatic carbocycles. The highest BCUT2D eigenvalue weighted by molar-refractivity contribution is 5.15. The van der Waals surface area contributed by atoms with E-state index in [1.54, 1.807) is 0 Å². The van der Waals surface area contributed by atoms with Gasteiger partial charge in [-0.25, -0.2) is 0 Å². The second-order valence-electron chi connectivity index (χ2n) is 5.96. The third-order valence-electron chi connectivity index (χ3n) is 4.37. The Labute approximate surface area is 123 Å². The zero-order valence-corrected chi connectivity index (χ0v) is 13.3. The Balaban J connectivity index is 1.80. The van der Waals surface area contributed by atoms with Crippen LogP contribution in [0.5, 0.6) is 0 Å². The first-order valence-corrected chi connectivity index (χ1v) is 7.96. The molecule has 1 aliphatic rings. The van der Waals surface area contributed by atoms with E-state index in [1.165, 1.54) is 51.1 Å². The van der Waals surface area contributed by atoms with Gasteiger partial charge >= 0.3 is 0 Å². The van der Waals surface area contributed by atoms with Crippen molar-refractivity contribution in [1.29, 1.82) is 0 Å². The number of rotatable bonds is 7. The van der Waals surface area contributed by atoms with E-state index in [2.05, 4.69) is 59.2 Å². The van der Waals surface area contributed by atoms with Gasteiger partial charge in [0.05, 0.1) is 0 Å². The van der Waals surface area contributed by atoms with E-state index in [-0.39, 0.29) is 0 Å². The summed E-state index contributed by atoms with van der Waals surface area (Å²) < 4.78 is 2.34. The van der Waals surface area contributed by atoms with Gasteiger partial charge in [-0.15, -0.1) is 0 Å². The third kappa shape index (κ3) is 4.33. The van der Waals surface area contributed by atoms with Crippen LogP contribution < -0.4 is 5.32 Å². The minimum Gasteiger partial charge on any atom is -0.353 e. The summed E-state index contributed by atoms with van der Waals surface area (Å²) in [4.78, 5) is 4.98. The van der Waals surface area contributed by atoms with Crippen LogP contribution in [-0.4, -0.2) is 61.2 Å². The molecular formula is C16H30N4. The highest BCUT2D eigenvalue weighted by Crippen LogP contribution is 2.18. The number of nitrogens with zero attached hydrogens (tertiary/aromatic N) is 3. The minimum absolute atomic E-state index is 0.505. The lowest BCUT2D eigenvalue weighted by molar-refractivity contribution is 0.150. The zero-order chi connectivity index (χ0) is 14.4. The molecule has 4 heteroatoms. The molecule has 20 heavy (non-hydrogen) atoms. The molecular weight excluding hydrogens is 248 g/mol. The van der Waals surface area contributed by atoms with E-state index in [1.807, 2.05) is 0 Å². The van der Waals surface area contributed by atoms with E-state index in [9.17, 15) is 0 Å². The van der Waals surface area contributed by atoms with Gasteiger partial charge in [0.15, 0.2) is 0 Å². The van der Waals surface area contributed by atoms with Crippen molar-refractivity contribution in [2.24, 2.45) is 0 Å². The molecule has 2 heterocycles. The van der Waals surface area contributed by atoms with Gasteiger partial charge in [0.2, 0.25) is 0 Å². The Morgan fingerprint density at radius 2 is 1.95 bits per heavy atom.